The molecular formula is C26H27N5O4S. The Hall–Kier alpha value is -3.91. The Bertz CT molecular complexity index is 1480. The summed E-state index contributed by atoms with van der Waals surface area (Å²) in [5, 5.41) is 31.9. The maximum Gasteiger partial charge on any atom is 0.261 e. The van der Waals surface area contributed by atoms with E-state index in [1.165, 1.54) is 18.2 Å². The van der Waals surface area contributed by atoms with Gasteiger partial charge in [-0.25, -0.2) is 8.42 Å². The van der Waals surface area contributed by atoms with Gasteiger partial charge in [0.25, 0.3) is 10.0 Å². The van der Waals surface area contributed by atoms with E-state index in [-0.39, 0.29) is 22.7 Å². The third-order valence-electron chi connectivity index (χ3n) is 5.71. The summed E-state index contributed by atoms with van der Waals surface area (Å²) in [6.07, 6.45) is -0.146. The van der Waals surface area contributed by atoms with E-state index in [1.54, 1.807) is 30.3 Å². The van der Waals surface area contributed by atoms with Crippen molar-refractivity contribution < 1.29 is 18.3 Å². The van der Waals surface area contributed by atoms with Crippen LogP contribution in [-0.4, -0.2) is 43.4 Å². The van der Waals surface area contributed by atoms with Gasteiger partial charge in [-0.2, -0.15) is 10.4 Å². The Morgan fingerprint density at radius 1 is 1.14 bits per heavy atom. The molecule has 186 valence electrons. The zero-order valence-corrected chi connectivity index (χ0v) is 20.5. The summed E-state index contributed by atoms with van der Waals surface area (Å²) >= 11 is 0. The van der Waals surface area contributed by atoms with Gasteiger partial charge in [0, 0.05) is 35.8 Å². The minimum absolute atomic E-state index is 0.0707. The van der Waals surface area contributed by atoms with Crippen LogP contribution in [0.15, 0.2) is 71.6 Å². The van der Waals surface area contributed by atoms with Crippen LogP contribution in [-0.2, 0) is 16.4 Å². The molecule has 9 nitrogen and oxygen atoms in total. The number of rotatable bonds is 11. The van der Waals surface area contributed by atoms with Gasteiger partial charge in [0.1, 0.15) is 18.4 Å². The highest BCUT2D eigenvalue weighted by Crippen LogP contribution is 2.27. The molecule has 0 aliphatic rings. The molecule has 3 aromatic carbocycles. The lowest BCUT2D eigenvalue weighted by Gasteiger charge is -2.17. The van der Waals surface area contributed by atoms with Crippen LogP contribution in [0.3, 0.4) is 0 Å². The number of H-pyrrole nitrogens is 1. The second kappa shape index (κ2) is 11.2. The zero-order chi connectivity index (χ0) is 25.5. The summed E-state index contributed by atoms with van der Waals surface area (Å²) in [6.45, 7) is 3.05. The van der Waals surface area contributed by atoms with Crippen molar-refractivity contribution in [2.75, 3.05) is 24.4 Å². The molecule has 4 aromatic rings. The summed E-state index contributed by atoms with van der Waals surface area (Å²) in [6, 6.07) is 20.3. The van der Waals surface area contributed by atoms with Gasteiger partial charge in [0.2, 0.25) is 0 Å². The third-order valence-corrected chi connectivity index (χ3v) is 7.09. The second-order valence-corrected chi connectivity index (χ2v) is 9.79. The molecule has 0 saturated carbocycles. The largest absolute Gasteiger partial charge is 0.492 e. The molecule has 0 saturated heterocycles. The predicted molar refractivity (Wildman–Crippen MR) is 137 cm³/mol. The number of sulfonamides is 1. The van der Waals surface area contributed by atoms with Gasteiger partial charge < -0.3 is 15.2 Å². The molecule has 1 atom stereocenters. The lowest BCUT2D eigenvalue weighted by atomic mass is 10.0. The van der Waals surface area contributed by atoms with Crippen molar-refractivity contribution in [1.82, 2.24) is 15.5 Å². The number of nitrogens with one attached hydrogen (secondary N) is 3. The molecule has 1 heterocycles. The molecule has 0 aliphatic heterocycles. The minimum Gasteiger partial charge on any atom is -0.492 e. The molecule has 36 heavy (non-hydrogen) atoms. The van der Waals surface area contributed by atoms with E-state index in [9.17, 15) is 18.8 Å². The molecule has 0 fully saturated rings. The highest BCUT2D eigenvalue weighted by molar-refractivity contribution is 7.92. The number of nitrogens with zero attached hydrogens (tertiary/aromatic N) is 2. The van der Waals surface area contributed by atoms with E-state index in [1.807, 2.05) is 24.3 Å². The number of aliphatic hydroxyl groups excluding tert-OH is 1. The van der Waals surface area contributed by atoms with Crippen molar-refractivity contribution in [2.24, 2.45) is 0 Å². The van der Waals surface area contributed by atoms with E-state index < -0.39 is 16.1 Å². The summed E-state index contributed by atoms with van der Waals surface area (Å²) in [5.41, 5.74) is 2.44. The van der Waals surface area contributed by atoms with Crippen LogP contribution in [0.1, 0.15) is 29.8 Å². The van der Waals surface area contributed by atoms with E-state index in [0.29, 0.717) is 24.5 Å². The highest BCUT2D eigenvalue weighted by atomic mass is 32.2. The van der Waals surface area contributed by atoms with Gasteiger partial charge in [-0.1, -0.05) is 37.3 Å². The smallest absolute Gasteiger partial charge is 0.261 e. The number of fused-ring (bicyclic) bond motifs is 1. The maximum atomic E-state index is 12.7. The quantitative estimate of drug-likeness (QED) is 0.229. The van der Waals surface area contributed by atoms with Gasteiger partial charge in [-0.05, 0) is 36.8 Å². The summed E-state index contributed by atoms with van der Waals surface area (Å²) in [7, 11) is -3.87. The first-order valence-electron chi connectivity index (χ1n) is 11.5. The Morgan fingerprint density at radius 3 is 2.69 bits per heavy atom. The van der Waals surface area contributed by atoms with E-state index in [0.717, 1.165) is 23.0 Å². The number of aryl methyl sites for hydroxylation is 1. The first kappa shape index (κ1) is 25.2. The van der Waals surface area contributed by atoms with Gasteiger partial charge in [0.05, 0.1) is 27.8 Å². The lowest BCUT2D eigenvalue weighted by Crippen LogP contribution is -2.26. The van der Waals surface area contributed by atoms with Crippen LogP contribution >= 0.6 is 0 Å². The normalized spacial score (nSPS) is 12.2. The number of ether oxygens (including phenoxy) is 1. The molecule has 0 spiro atoms. The van der Waals surface area contributed by atoms with Crippen LogP contribution in [0.2, 0.25) is 0 Å². The number of aliphatic hydroxyl groups is 1. The molecule has 0 amide bonds. The van der Waals surface area contributed by atoms with E-state index in [2.05, 4.69) is 27.2 Å². The second-order valence-electron chi connectivity index (χ2n) is 8.10. The number of nitriles is 1. The van der Waals surface area contributed by atoms with Crippen LogP contribution in [0.5, 0.6) is 5.75 Å². The van der Waals surface area contributed by atoms with Crippen molar-refractivity contribution in [1.29, 1.82) is 5.26 Å². The fourth-order valence-electron chi connectivity index (χ4n) is 3.86. The summed E-state index contributed by atoms with van der Waals surface area (Å²) < 4.78 is 33.6. The van der Waals surface area contributed by atoms with Crippen LogP contribution in [0.4, 0.5) is 5.69 Å². The zero-order valence-electron chi connectivity index (χ0n) is 19.7. The fraction of sp³-hybridized carbons (Fsp3) is 0.231. The highest BCUT2D eigenvalue weighted by Gasteiger charge is 2.20. The summed E-state index contributed by atoms with van der Waals surface area (Å²) in [5.74, 6) is 0.698. The number of hydrogen-bond donors (Lipinski definition) is 4. The van der Waals surface area contributed by atoms with Crippen molar-refractivity contribution in [2.45, 2.75) is 24.3 Å². The average molecular weight is 506 g/mol. The molecule has 10 heteroatoms. The van der Waals surface area contributed by atoms with Gasteiger partial charge >= 0.3 is 0 Å². The topological polar surface area (TPSA) is 140 Å². The molecule has 0 bridgehead atoms. The molecule has 0 radical (unpaired) electrons. The lowest BCUT2D eigenvalue weighted by molar-refractivity contribution is 0.171. The molecule has 0 unspecified atom stereocenters. The van der Waals surface area contributed by atoms with Crippen LogP contribution in [0, 0.1) is 11.3 Å². The molecule has 0 aliphatic carbocycles. The van der Waals surface area contributed by atoms with Crippen molar-refractivity contribution in [3.8, 4) is 11.8 Å². The number of anilines is 1. The Balaban J connectivity index is 1.34. The molecule has 4 rings (SSSR count). The Labute approximate surface area is 209 Å². The predicted octanol–water partition coefficient (Wildman–Crippen LogP) is 3.50. The first-order chi connectivity index (χ1) is 17.4. The minimum atomic E-state index is -3.87. The van der Waals surface area contributed by atoms with Gasteiger partial charge in [-0.3, -0.25) is 9.82 Å². The van der Waals surface area contributed by atoms with Gasteiger partial charge in [0.15, 0.2) is 0 Å². The SMILES string of the molecule is CCc1[nH]nc2cc(OCCNC[C@H](O)c3cccc(NS(=O)(=O)c4ccccc4)c3C#N)ccc12. The Kier molecular flexibility index (Phi) is 7.85. The number of aromatic nitrogens is 2. The van der Waals surface area contributed by atoms with Crippen molar-refractivity contribution >= 4 is 26.6 Å². The average Bonchev–Trinajstić information content (AvgIpc) is 3.31. The van der Waals surface area contributed by atoms with Gasteiger partial charge in [-0.15, -0.1) is 0 Å². The number of hydrogen-bond acceptors (Lipinski definition) is 7. The van der Waals surface area contributed by atoms with Crippen molar-refractivity contribution in [3.63, 3.8) is 0 Å². The number of aromatic amines is 1. The molecular weight excluding hydrogens is 478 g/mol. The Morgan fingerprint density at radius 2 is 1.94 bits per heavy atom. The monoisotopic (exact) mass is 505 g/mol. The number of benzene rings is 3. The van der Waals surface area contributed by atoms with E-state index in [4.69, 9.17) is 4.74 Å². The van der Waals surface area contributed by atoms with E-state index >= 15 is 0 Å². The third kappa shape index (κ3) is 5.66. The molecule has 1 aromatic heterocycles. The first-order valence-corrected chi connectivity index (χ1v) is 13.0. The maximum absolute atomic E-state index is 12.7. The fourth-order valence-corrected chi connectivity index (χ4v) is 4.95. The van der Waals surface area contributed by atoms with Crippen molar-refractivity contribution in [3.05, 3.63) is 83.6 Å². The van der Waals surface area contributed by atoms with Crippen LogP contribution in [0.25, 0.3) is 10.9 Å². The standard InChI is InChI=1S/C26H27N5O4S/c1-2-23-21-12-11-18(15-25(21)30-29-23)35-14-13-28-17-26(32)20-9-6-10-24(22(20)16-27)31-36(33,34)19-7-4-3-5-8-19/h3-12,15,26,28,31-32H,2,13-14,17H2,1H3,(H,29,30)/t26-/m0/s1. The molecule has 4 N–H and O–H groups in total. The van der Waals surface area contributed by atoms with Crippen LogP contribution < -0.4 is 14.8 Å². The summed E-state index contributed by atoms with van der Waals surface area (Å²) in [4.78, 5) is 0.0822.